The lowest BCUT2D eigenvalue weighted by atomic mass is 9.81. The minimum Gasteiger partial charge on any atom is -0.392 e. The molecular weight excluding hydrogens is 320 g/mol. The first-order valence-corrected chi connectivity index (χ1v) is 9.09. The van der Waals surface area contributed by atoms with Crippen molar-refractivity contribution in [3.63, 3.8) is 0 Å². The molecule has 0 aromatic heterocycles. The first-order chi connectivity index (χ1) is 12.2. The molecule has 0 saturated carbocycles. The van der Waals surface area contributed by atoms with Gasteiger partial charge >= 0.3 is 0 Å². The molecule has 4 rings (SSSR count). The number of rotatable bonds is 4. The van der Waals surface area contributed by atoms with Crippen LogP contribution in [-0.4, -0.2) is 47.3 Å². The van der Waals surface area contributed by atoms with Crippen LogP contribution in [0.4, 0.5) is 0 Å². The fourth-order valence-electron chi connectivity index (χ4n) is 4.55. The Morgan fingerprint density at radius 1 is 1.32 bits per heavy atom. The normalized spacial score (nSPS) is 40.4. The monoisotopic (exact) mass is 346 g/mol. The second-order valence-electron chi connectivity index (χ2n) is 7.28. The smallest absolute Gasteiger partial charge is 0.142 e. The van der Waals surface area contributed by atoms with E-state index in [1.165, 1.54) is 0 Å². The van der Waals surface area contributed by atoms with Crippen molar-refractivity contribution in [2.75, 3.05) is 7.11 Å². The van der Waals surface area contributed by atoms with Crippen LogP contribution >= 0.6 is 0 Å². The molecule has 2 N–H and O–H groups in total. The number of benzene rings is 1. The number of ether oxygens (including phenoxy) is 3. The minimum absolute atomic E-state index is 0.0272. The Morgan fingerprint density at radius 3 is 3.00 bits per heavy atom. The van der Waals surface area contributed by atoms with Crippen molar-refractivity contribution in [1.29, 1.82) is 0 Å². The lowest BCUT2D eigenvalue weighted by Crippen LogP contribution is -2.61. The van der Waals surface area contributed by atoms with Gasteiger partial charge in [-0.15, -0.1) is 0 Å². The Bertz CT molecular complexity index is 645. The van der Waals surface area contributed by atoms with Crippen LogP contribution in [0.2, 0.25) is 0 Å². The lowest BCUT2D eigenvalue weighted by Gasteiger charge is -2.48. The van der Waals surface area contributed by atoms with Crippen LogP contribution < -0.4 is 0 Å². The highest BCUT2D eigenvalue weighted by atomic mass is 16.6. The van der Waals surface area contributed by atoms with Crippen LogP contribution in [0.15, 0.2) is 36.4 Å². The van der Waals surface area contributed by atoms with Crippen molar-refractivity contribution < 1.29 is 24.4 Å². The van der Waals surface area contributed by atoms with Crippen molar-refractivity contribution >= 4 is 0 Å². The van der Waals surface area contributed by atoms with E-state index in [1.807, 2.05) is 36.4 Å². The maximum absolute atomic E-state index is 10.5. The molecule has 0 spiro atoms. The molecule has 0 amide bonds. The predicted octanol–water partition coefficient (Wildman–Crippen LogP) is 2.26. The molecule has 5 nitrogen and oxygen atoms in total. The standard InChI is InChI=1S/C20H26O5/c1-23-19-16(22)11-15-8-9-20(19,25-15)18-7-3-6-17(24-18)14-5-2-4-13(10-14)12-21/h2,4-5,8-10,15-19,21-22H,3,6-7,11-12H2,1H3. The van der Waals surface area contributed by atoms with E-state index in [0.29, 0.717) is 6.42 Å². The molecule has 2 bridgehead atoms. The van der Waals surface area contributed by atoms with Crippen molar-refractivity contribution in [2.24, 2.45) is 0 Å². The zero-order valence-electron chi connectivity index (χ0n) is 14.5. The van der Waals surface area contributed by atoms with E-state index in [9.17, 15) is 10.2 Å². The van der Waals surface area contributed by atoms with Gasteiger partial charge in [0, 0.05) is 13.5 Å². The third kappa shape index (κ3) is 2.94. The molecule has 3 aliphatic heterocycles. The van der Waals surface area contributed by atoms with E-state index in [1.54, 1.807) is 7.11 Å². The quantitative estimate of drug-likeness (QED) is 0.819. The molecule has 3 heterocycles. The van der Waals surface area contributed by atoms with Gasteiger partial charge in [-0.2, -0.15) is 0 Å². The highest BCUT2D eigenvalue weighted by Crippen LogP contribution is 2.46. The largest absolute Gasteiger partial charge is 0.392 e. The molecule has 0 aliphatic carbocycles. The van der Waals surface area contributed by atoms with Gasteiger partial charge in [-0.05, 0) is 36.5 Å². The van der Waals surface area contributed by atoms with Gasteiger partial charge in [0.15, 0.2) is 0 Å². The molecule has 1 aromatic rings. The Balaban J connectivity index is 1.59. The summed E-state index contributed by atoms with van der Waals surface area (Å²) in [6, 6.07) is 7.91. The van der Waals surface area contributed by atoms with Gasteiger partial charge in [-0.3, -0.25) is 0 Å². The number of aliphatic hydroxyl groups excluding tert-OH is 2. The van der Waals surface area contributed by atoms with E-state index in [-0.39, 0.29) is 24.9 Å². The zero-order chi connectivity index (χ0) is 17.4. The number of hydrogen-bond acceptors (Lipinski definition) is 5. The molecule has 136 valence electrons. The van der Waals surface area contributed by atoms with Gasteiger partial charge in [-0.1, -0.05) is 30.3 Å². The molecule has 2 saturated heterocycles. The topological polar surface area (TPSA) is 68.2 Å². The highest BCUT2D eigenvalue weighted by molar-refractivity contribution is 5.27. The second-order valence-corrected chi connectivity index (χ2v) is 7.28. The highest BCUT2D eigenvalue weighted by Gasteiger charge is 2.57. The molecular formula is C20H26O5. The molecule has 5 heteroatoms. The van der Waals surface area contributed by atoms with E-state index in [2.05, 4.69) is 0 Å². The van der Waals surface area contributed by atoms with Crippen molar-refractivity contribution in [1.82, 2.24) is 0 Å². The maximum atomic E-state index is 10.5. The molecule has 3 aliphatic rings. The summed E-state index contributed by atoms with van der Waals surface area (Å²) in [5, 5.41) is 19.9. The molecule has 2 fully saturated rings. The van der Waals surface area contributed by atoms with Crippen LogP contribution in [0.1, 0.15) is 42.9 Å². The van der Waals surface area contributed by atoms with Crippen LogP contribution in [0.25, 0.3) is 0 Å². The second kappa shape index (κ2) is 6.82. The molecule has 6 atom stereocenters. The first kappa shape index (κ1) is 17.2. The first-order valence-electron chi connectivity index (χ1n) is 9.09. The number of fused-ring (bicyclic) bond motifs is 2. The van der Waals surface area contributed by atoms with E-state index in [0.717, 1.165) is 30.4 Å². The van der Waals surface area contributed by atoms with Crippen LogP contribution in [0.3, 0.4) is 0 Å². The Morgan fingerprint density at radius 2 is 2.20 bits per heavy atom. The van der Waals surface area contributed by atoms with E-state index in [4.69, 9.17) is 14.2 Å². The van der Waals surface area contributed by atoms with Crippen LogP contribution in [0, 0.1) is 0 Å². The van der Waals surface area contributed by atoms with Gasteiger partial charge in [0.25, 0.3) is 0 Å². The summed E-state index contributed by atoms with van der Waals surface area (Å²) in [6.07, 6.45) is 6.23. The minimum atomic E-state index is -0.718. The van der Waals surface area contributed by atoms with Gasteiger partial charge in [0.1, 0.15) is 11.7 Å². The lowest BCUT2D eigenvalue weighted by molar-refractivity contribution is -0.251. The molecule has 6 unspecified atom stereocenters. The van der Waals surface area contributed by atoms with Crippen LogP contribution in [-0.2, 0) is 20.8 Å². The number of aliphatic hydroxyl groups is 2. The fourth-order valence-corrected chi connectivity index (χ4v) is 4.55. The summed E-state index contributed by atoms with van der Waals surface area (Å²) in [7, 11) is 1.62. The van der Waals surface area contributed by atoms with Crippen molar-refractivity contribution in [3.8, 4) is 0 Å². The summed E-state index contributed by atoms with van der Waals surface area (Å²) in [4.78, 5) is 0. The number of methoxy groups -OCH3 is 1. The SMILES string of the molecule is COC1C(O)CC2C=CC1(C1CCCC(c3cccc(CO)c3)O1)O2. The summed E-state index contributed by atoms with van der Waals surface area (Å²) < 4.78 is 18.4. The van der Waals surface area contributed by atoms with Gasteiger partial charge < -0.3 is 24.4 Å². The Kier molecular flexibility index (Phi) is 4.69. The average Bonchev–Trinajstić information content (AvgIpc) is 3.01. The summed E-state index contributed by atoms with van der Waals surface area (Å²) in [6.45, 7) is 0.0272. The maximum Gasteiger partial charge on any atom is 0.142 e. The fraction of sp³-hybridized carbons (Fsp3) is 0.600. The van der Waals surface area contributed by atoms with E-state index < -0.39 is 17.8 Å². The number of hydrogen-bond donors (Lipinski definition) is 2. The van der Waals surface area contributed by atoms with E-state index >= 15 is 0 Å². The Hall–Kier alpha value is -1.24. The molecule has 1 aromatic carbocycles. The predicted molar refractivity (Wildman–Crippen MR) is 92.0 cm³/mol. The van der Waals surface area contributed by atoms with Gasteiger partial charge in [0.05, 0.1) is 31.0 Å². The van der Waals surface area contributed by atoms with Crippen LogP contribution in [0.5, 0.6) is 0 Å². The van der Waals surface area contributed by atoms with Gasteiger partial charge in [0.2, 0.25) is 0 Å². The van der Waals surface area contributed by atoms with Gasteiger partial charge in [-0.25, -0.2) is 0 Å². The summed E-state index contributed by atoms with van der Waals surface area (Å²) in [5.41, 5.74) is 1.25. The summed E-state index contributed by atoms with van der Waals surface area (Å²) >= 11 is 0. The third-order valence-electron chi connectivity index (χ3n) is 5.72. The van der Waals surface area contributed by atoms with Crippen molar-refractivity contribution in [2.45, 2.75) is 68.4 Å². The Labute approximate surface area is 148 Å². The molecule has 25 heavy (non-hydrogen) atoms. The molecule has 0 radical (unpaired) electrons. The average molecular weight is 346 g/mol. The summed E-state index contributed by atoms with van der Waals surface area (Å²) in [5.74, 6) is 0. The van der Waals surface area contributed by atoms with Crippen molar-refractivity contribution in [3.05, 3.63) is 47.5 Å². The third-order valence-corrected chi connectivity index (χ3v) is 5.72. The zero-order valence-corrected chi connectivity index (χ0v) is 14.5.